The highest BCUT2D eigenvalue weighted by molar-refractivity contribution is 6.00. The lowest BCUT2D eigenvalue weighted by Crippen LogP contribution is -2.29. The van der Waals surface area contributed by atoms with Crippen molar-refractivity contribution in [2.45, 2.75) is 26.2 Å². The number of aromatic amines is 2. The maximum atomic E-state index is 4.67. The van der Waals surface area contributed by atoms with E-state index in [0.29, 0.717) is 0 Å². The first kappa shape index (κ1) is 18.2. The lowest BCUT2D eigenvalue weighted by molar-refractivity contribution is 0.579. The van der Waals surface area contributed by atoms with Crippen LogP contribution >= 0.6 is 0 Å². The molecule has 0 atom stereocenters. The molecule has 0 spiro atoms. The van der Waals surface area contributed by atoms with E-state index in [1.54, 1.807) is 0 Å². The highest BCUT2D eigenvalue weighted by atomic mass is 15.1. The second-order valence-corrected chi connectivity index (χ2v) is 8.55. The Morgan fingerprint density at radius 2 is 1.81 bits per heavy atom. The topological polar surface area (TPSA) is 65.5 Å². The van der Waals surface area contributed by atoms with E-state index in [1.807, 2.05) is 13.1 Å². The fourth-order valence-corrected chi connectivity index (χ4v) is 4.83. The molecule has 0 amide bonds. The summed E-state index contributed by atoms with van der Waals surface area (Å²) < 4.78 is 2.12. The third-order valence-corrected chi connectivity index (χ3v) is 6.67. The first-order valence-corrected chi connectivity index (χ1v) is 11.0. The van der Waals surface area contributed by atoms with E-state index in [4.69, 9.17) is 0 Å². The molecule has 0 unspecified atom stereocenters. The van der Waals surface area contributed by atoms with Crippen LogP contribution in [0.1, 0.15) is 25.1 Å². The minimum absolute atomic E-state index is 0.955. The lowest BCUT2D eigenvalue weighted by Gasteiger charge is -2.29. The van der Waals surface area contributed by atoms with Gasteiger partial charge in [0.15, 0.2) is 0 Å². The SMILES string of the molecule is Cc1ncc(-c2ccc3[nH]nc(-c4cc5c(N6CCCCC6)cccc5[nH]4)c3c2)n1C. The number of aromatic nitrogens is 5. The second kappa shape index (κ2) is 7.01. The summed E-state index contributed by atoms with van der Waals surface area (Å²) in [5.41, 5.74) is 7.77. The van der Waals surface area contributed by atoms with Crippen LogP contribution in [-0.2, 0) is 7.05 Å². The van der Waals surface area contributed by atoms with Crippen molar-refractivity contribution < 1.29 is 0 Å². The van der Waals surface area contributed by atoms with Crippen molar-refractivity contribution in [1.82, 2.24) is 24.7 Å². The van der Waals surface area contributed by atoms with Crippen LogP contribution in [0, 0.1) is 6.92 Å². The fourth-order valence-electron chi connectivity index (χ4n) is 4.83. The smallest absolute Gasteiger partial charge is 0.116 e. The summed E-state index contributed by atoms with van der Waals surface area (Å²) in [5, 5.41) is 10.3. The van der Waals surface area contributed by atoms with E-state index in [1.165, 1.54) is 30.3 Å². The molecule has 4 heterocycles. The highest BCUT2D eigenvalue weighted by Crippen LogP contribution is 2.35. The zero-order chi connectivity index (χ0) is 20.9. The Kier molecular flexibility index (Phi) is 4.13. The Hall–Kier alpha value is -3.54. The number of anilines is 1. The van der Waals surface area contributed by atoms with Gasteiger partial charge in [0.05, 0.1) is 23.1 Å². The van der Waals surface area contributed by atoms with Crippen molar-refractivity contribution in [3.05, 3.63) is 54.5 Å². The van der Waals surface area contributed by atoms with Gasteiger partial charge in [-0.1, -0.05) is 12.1 Å². The molecule has 0 radical (unpaired) electrons. The Labute approximate surface area is 180 Å². The molecule has 156 valence electrons. The zero-order valence-corrected chi connectivity index (χ0v) is 17.9. The summed E-state index contributed by atoms with van der Waals surface area (Å²) in [4.78, 5) is 10.6. The van der Waals surface area contributed by atoms with Gasteiger partial charge in [0.1, 0.15) is 11.5 Å². The molecule has 0 saturated carbocycles. The van der Waals surface area contributed by atoms with Gasteiger partial charge in [0, 0.05) is 47.7 Å². The summed E-state index contributed by atoms with van der Waals surface area (Å²) in [7, 11) is 2.05. The number of benzene rings is 2. The van der Waals surface area contributed by atoms with Crippen LogP contribution in [0.25, 0.3) is 44.5 Å². The molecule has 1 fully saturated rings. The third-order valence-electron chi connectivity index (χ3n) is 6.67. The van der Waals surface area contributed by atoms with Crippen LogP contribution in [0.3, 0.4) is 0 Å². The number of nitrogens with one attached hydrogen (secondary N) is 2. The minimum Gasteiger partial charge on any atom is -0.371 e. The average Bonchev–Trinajstić information content (AvgIpc) is 3.50. The van der Waals surface area contributed by atoms with Crippen molar-refractivity contribution in [3.8, 4) is 22.6 Å². The number of hydrogen-bond acceptors (Lipinski definition) is 3. The summed E-state index contributed by atoms with van der Waals surface area (Å²) in [5.74, 6) is 1.00. The van der Waals surface area contributed by atoms with Crippen LogP contribution in [0.4, 0.5) is 5.69 Å². The number of nitrogens with zero attached hydrogens (tertiary/aromatic N) is 4. The largest absolute Gasteiger partial charge is 0.371 e. The summed E-state index contributed by atoms with van der Waals surface area (Å²) >= 11 is 0. The van der Waals surface area contributed by atoms with E-state index >= 15 is 0 Å². The summed E-state index contributed by atoms with van der Waals surface area (Å²) in [6.07, 6.45) is 5.81. The Balaban J connectivity index is 1.47. The van der Waals surface area contributed by atoms with Gasteiger partial charge in [0.2, 0.25) is 0 Å². The van der Waals surface area contributed by atoms with Gasteiger partial charge in [-0.2, -0.15) is 5.10 Å². The van der Waals surface area contributed by atoms with E-state index < -0.39 is 0 Å². The molecular formula is C25H26N6. The van der Waals surface area contributed by atoms with E-state index in [9.17, 15) is 0 Å². The number of piperidine rings is 1. The lowest BCUT2D eigenvalue weighted by atomic mass is 10.1. The predicted molar refractivity (Wildman–Crippen MR) is 126 cm³/mol. The summed E-state index contributed by atoms with van der Waals surface area (Å²) in [6, 6.07) is 15.3. The van der Waals surface area contributed by atoms with Crippen molar-refractivity contribution in [1.29, 1.82) is 0 Å². The normalized spacial score (nSPS) is 14.7. The number of fused-ring (bicyclic) bond motifs is 2. The van der Waals surface area contributed by atoms with Crippen molar-refractivity contribution in [2.75, 3.05) is 18.0 Å². The molecule has 6 nitrogen and oxygen atoms in total. The molecule has 6 heteroatoms. The predicted octanol–water partition coefficient (Wildman–Crippen LogP) is 5.41. The molecule has 1 aliphatic heterocycles. The molecule has 31 heavy (non-hydrogen) atoms. The van der Waals surface area contributed by atoms with Crippen molar-refractivity contribution in [2.24, 2.45) is 7.05 Å². The van der Waals surface area contributed by atoms with E-state index in [2.05, 4.69) is 79.1 Å². The number of imidazole rings is 1. The van der Waals surface area contributed by atoms with E-state index in [0.717, 1.165) is 58.0 Å². The molecule has 6 rings (SSSR count). The van der Waals surface area contributed by atoms with E-state index in [-0.39, 0.29) is 0 Å². The first-order valence-electron chi connectivity index (χ1n) is 11.0. The van der Waals surface area contributed by atoms with Gasteiger partial charge in [-0.3, -0.25) is 5.10 Å². The Morgan fingerprint density at radius 3 is 2.61 bits per heavy atom. The zero-order valence-electron chi connectivity index (χ0n) is 17.9. The molecular weight excluding hydrogens is 384 g/mol. The third kappa shape index (κ3) is 2.93. The van der Waals surface area contributed by atoms with Crippen LogP contribution in [-0.4, -0.2) is 37.8 Å². The van der Waals surface area contributed by atoms with Crippen molar-refractivity contribution >= 4 is 27.5 Å². The summed E-state index contributed by atoms with van der Waals surface area (Å²) in [6.45, 7) is 4.30. The van der Waals surface area contributed by atoms with Gasteiger partial charge in [-0.15, -0.1) is 0 Å². The first-order chi connectivity index (χ1) is 15.2. The molecule has 5 aromatic rings. The average molecular weight is 411 g/mol. The minimum atomic E-state index is 0.955. The molecule has 1 saturated heterocycles. The Morgan fingerprint density at radius 1 is 0.935 bits per heavy atom. The van der Waals surface area contributed by atoms with Gasteiger partial charge in [0.25, 0.3) is 0 Å². The quantitative estimate of drug-likeness (QED) is 0.418. The van der Waals surface area contributed by atoms with Crippen LogP contribution in [0.5, 0.6) is 0 Å². The molecule has 0 bridgehead atoms. The van der Waals surface area contributed by atoms with Gasteiger partial charge < -0.3 is 14.5 Å². The van der Waals surface area contributed by atoms with Gasteiger partial charge >= 0.3 is 0 Å². The highest BCUT2D eigenvalue weighted by Gasteiger charge is 2.17. The number of rotatable bonds is 3. The monoisotopic (exact) mass is 410 g/mol. The Bertz CT molecular complexity index is 1400. The molecule has 1 aliphatic rings. The number of H-pyrrole nitrogens is 2. The number of hydrogen-bond donors (Lipinski definition) is 2. The second-order valence-electron chi connectivity index (χ2n) is 8.55. The van der Waals surface area contributed by atoms with Crippen molar-refractivity contribution in [3.63, 3.8) is 0 Å². The fraction of sp³-hybridized carbons (Fsp3) is 0.280. The molecule has 2 N–H and O–H groups in total. The number of aryl methyl sites for hydroxylation is 1. The van der Waals surface area contributed by atoms with Crippen LogP contribution in [0.2, 0.25) is 0 Å². The van der Waals surface area contributed by atoms with Crippen LogP contribution < -0.4 is 4.90 Å². The maximum absolute atomic E-state index is 4.67. The van der Waals surface area contributed by atoms with Crippen LogP contribution in [0.15, 0.2) is 48.7 Å². The van der Waals surface area contributed by atoms with Gasteiger partial charge in [-0.05, 0) is 56.5 Å². The molecule has 2 aromatic carbocycles. The standard InChI is InChI=1S/C25H26N6/c1-16-26-15-24(30(16)2)17-9-10-21-19(13-17)25(29-28-21)22-14-18-20(27-22)7-6-8-23(18)31-11-4-3-5-12-31/h6-10,13-15,27H,3-5,11-12H2,1-2H3,(H,28,29). The van der Waals surface area contributed by atoms with Gasteiger partial charge in [-0.25, -0.2) is 4.98 Å². The maximum Gasteiger partial charge on any atom is 0.116 e. The molecule has 0 aliphatic carbocycles. The molecule has 3 aromatic heterocycles.